The van der Waals surface area contributed by atoms with Crippen molar-refractivity contribution >= 4 is 5.91 Å². The van der Waals surface area contributed by atoms with Crippen molar-refractivity contribution in [3.8, 4) is 11.8 Å². The molecule has 2 aromatic carbocycles. The monoisotopic (exact) mass is 284 g/mol. The molecular formula is C16H13FN2O2. The first-order chi connectivity index (χ1) is 10.0. The summed E-state index contributed by atoms with van der Waals surface area (Å²) < 4.78 is 19.3. The van der Waals surface area contributed by atoms with Crippen molar-refractivity contribution in [3.05, 3.63) is 65.0 Å². The molecule has 0 aliphatic rings. The number of nitriles is 1. The minimum Gasteiger partial charge on any atom is -0.485 e. The number of amides is 1. The second-order valence-corrected chi connectivity index (χ2v) is 4.47. The third kappa shape index (κ3) is 3.18. The number of hydrogen-bond donors (Lipinski definition) is 1. The van der Waals surface area contributed by atoms with Crippen LogP contribution in [0.1, 0.15) is 34.5 Å². The van der Waals surface area contributed by atoms with E-state index in [1.54, 1.807) is 31.2 Å². The Kier molecular flexibility index (Phi) is 4.19. The van der Waals surface area contributed by atoms with Crippen LogP contribution < -0.4 is 10.5 Å². The van der Waals surface area contributed by atoms with Gasteiger partial charge in [0.2, 0.25) is 0 Å². The number of nitrogens with zero attached hydrogens (tertiary/aromatic N) is 1. The second-order valence-electron chi connectivity index (χ2n) is 4.47. The second kappa shape index (κ2) is 6.06. The quantitative estimate of drug-likeness (QED) is 0.937. The number of halogens is 1. The van der Waals surface area contributed by atoms with Gasteiger partial charge in [0.05, 0.1) is 11.6 Å². The van der Waals surface area contributed by atoms with E-state index in [1.165, 1.54) is 12.1 Å². The first kappa shape index (κ1) is 14.5. The predicted octanol–water partition coefficient (Wildman–Crippen LogP) is 2.94. The van der Waals surface area contributed by atoms with Crippen molar-refractivity contribution in [2.75, 3.05) is 0 Å². The lowest BCUT2D eigenvalue weighted by molar-refractivity contribution is 0.0989. The van der Waals surface area contributed by atoms with Crippen LogP contribution in [0.15, 0.2) is 42.5 Å². The molecule has 0 saturated heterocycles. The Hall–Kier alpha value is -2.87. The van der Waals surface area contributed by atoms with Gasteiger partial charge in [-0.15, -0.1) is 0 Å². The highest BCUT2D eigenvalue weighted by atomic mass is 19.1. The van der Waals surface area contributed by atoms with Crippen LogP contribution in [0.25, 0.3) is 0 Å². The molecule has 5 heteroatoms. The van der Waals surface area contributed by atoms with Gasteiger partial charge in [-0.3, -0.25) is 4.79 Å². The molecule has 0 aliphatic heterocycles. The standard InChI is InChI=1S/C16H13FN2O2/c1-10(12-7-5-11(9-18)6-8-12)21-14-4-2-3-13(17)15(14)16(19)20/h2-8,10H,1H3,(H2,19,20). The zero-order valence-corrected chi connectivity index (χ0v) is 11.3. The zero-order chi connectivity index (χ0) is 15.4. The lowest BCUT2D eigenvalue weighted by Crippen LogP contribution is -2.16. The van der Waals surface area contributed by atoms with E-state index < -0.39 is 17.8 Å². The van der Waals surface area contributed by atoms with Gasteiger partial charge >= 0.3 is 0 Å². The van der Waals surface area contributed by atoms with Gasteiger partial charge in [-0.05, 0) is 36.8 Å². The summed E-state index contributed by atoms with van der Waals surface area (Å²) >= 11 is 0. The molecule has 2 aromatic rings. The van der Waals surface area contributed by atoms with Crippen molar-refractivity contribution in [3.63, 3.8) is 0 Å². The Balaban J connectivity index is 2.27. The van der Waals surface area contributed by atoms with E-state index in [0.29, 0.717) is 5.56 Å². The van der Waals surface area contributed by atoms with Crippen molar-refractivity contribution in [1.29, 1.82) is 5.26 Å². The highest BCUT2D eigenvalue weighted by Gasteiger charge is 2.17. The van der Waals surface area contributed by atoms with Crippen molar-refractivity contribution < 1.29 is 13.9 Å². The maximum Gasteiger partial charge on any atom is 0.255 e. The van der Waals surface area contributed by atoms with Crippen LogP contribution in [0.2, 0.25) is 0 Å². The van der Waals surface area contributed by atoms with E-state index in [0.717, 1.165) is 11.6 Å². The summed E-state index contributed by atoms with van der Waals surface area (Å²) in [4.78, 5) is 11.3. The lowest BCUT2D eigenvalue weighted by atomic mass is 10.1. The Bertz CT molecular complexity index is 705. The molecule has 4 nitrogen and oxygen atoms in total. The van der Waals surface area contributed by atoms with Crippen molar-refractivity contribution in [1.82, 2.24) is 0 Å². The predicted molar refractivity (Wildman–Crippen MR) is 75.1 cm³/mol. The molecule has 1 amide bonds. The maximum absolute atomic E-state index is 13.6. The first-order valence-corrected chi connectivity index (χ1v) is 6.28. The smallest absolute Gasteiger partial charge is 0.255 e. The molecule has 0 spiro atoms. The Labute approximate surface area is 121 Å². The summed E-state index contributed by atoms with van der Waals surface area (Å²) in [6.07, 6.45) is -0.419. The SMILES string of the molecule is CC(Oc1cccc(F)c1C(N)=O)c1ccc(C#N)cc1. The summed E-state index contributed by atoms with van der Waals surface area (Å²) in [6.45, 7) is 1.76. The molecular weight excluding hydrogens is 271 g/mol. The summed E-state index contributed by atoms with van der Waals surface area (Å²) in [6, 6.07) is 12.9. The average molecular weight is 284 g/mol. The molecule has 106 valence electrons. The van der Waals surface area contributed by atoms with E-state index in [9.17, 15) is 9.18 Å². The molecule has 0 fully saturated rings. The highest BCUT2D eigenvalue weighted by molar-refractivity contribution is 5.95. The topological polar surface area (TPSA) is 76.1 Å². The molecule has 0 bridgehead atoms. The van der Waals surface area contributed by atoms with Crippen LogP contribution in [0, 0.1) is 17.1 Å². The number of hydrogen-bond acceptors (Lipinski definition) is 3. The molecule has 0 radical (unpaired) electrons. The van der Waals surface area contributed by atoms with E-state index in [2.05, 4.69) is 0 Å². The average Bonchev–Trinajstić information content (AvgIpc) is 2.47. The first-order valence-electron chi connectivity index (χ1n) is 6.28. The van der Waals surface area contributed by atoms with Crippen LogP contribution in [0.4, 0.5) is 4.39 Å². The maximum atomic E-state index is 13.6. The van der Waals surface area contributed by atoms with Gasteiger partial charge in [-0.2, -0.15) is 5.26 Å². The Morgan fingerprint density at radius 1 is 1.29 bits per heavy atom. The molecule has 0 saturated carbocycles. The largest absolute Gasteiger partial charge is 0.485 e. The van der Waals surface area contributed by atoms with Crippen LogP contribution >= 0.6 is 0 Å². The van der Waals surface area contributed by atoms with Crippen LogP contribution in [-0.2, 0) is 0 Å². The zero-order valence-electron chi connectivity index (χ0n) is 11.3. The summed E-state index contributed by atoms with van der Waals surface area (Å²) in [5.41, 5.74) is 6.24. The minimum atomic E-state index is -0.880. The van der Waals surface area contributed by atoms with Gasteiger partial charge in [0.25, 0.3) is 5.91 Å². The van der Waals surface area contributed by atoms with Crippen LogP contribution in [0.5, 0.6) is 5.75 Å². The number of carbonyl (C=O) groups is 1. The van der Waals surface area contributed by atoms with Gasteiger partial charge in [0.15, 0.2) is 0 Å². The molecule has 2 N–H and O–H groups in total. The van der Waals surface area contributed by atoms with Crippen molar-refractivity contribution in [2.45, 2.75) is 13.0 Å². The molecule has 2 rings (SSSR count). The van der Waals surface area contributed by atoms with E-state index in [-0.39, 0.29) is 11.3 Å². The highest BCUT2D eigenvalue weighted by Crippen LogP contribution is 2.27. The third-order valence-corrected chi connectivity index (χ3v) is 3.03. The number of carbonyl (C=O) groups excluding carboxylic acids is 1. The summed E-state index contributed by atoms with van der Waals surface area (Å²) in [5, 5.41) is 8.76. The number of rotatable bonds is 4. The van der Waals surface area contributed by atoms with Crippen molar-refractivity contribution in [2.24, 2.45) is 5.73 Å². The van der Waals surface area contributed by atoms with E-state index >= 15 is 0 Å². The Morgan fingerprint density at radius 2 is 1.95 bits per heavy atom. The van der Waals surface area contributed by atoms with Gasteiger partial charge in [-0.25, -0.2) is 4.39 Å². The number of benzene rings is 2. The summed E-state index contributed by atoms with van der Waals surface area (Å²) in [5.74, 6) is -1.50. The minimum absolute atomic E-state index is 0.0966. The third-order valence-electron chi connectivity index (χ3n) is 3.03. The lowest BCUT2D eigenvalue weighted by Gasteiger charge is -2.17. The van der Waals surface area contributed by atoms with Gasteiger partial charge in [-0.1, -0.05) is 18.2 Å². The van der Waals surface area contributed by atoms with Gasteiger partial charge < -0.3 is 10.5 Å². The molecule has 1 atom stereocenters. The van der Waals surface area contributed by atoms with E-state index in [4.69, 9.17) is 15.7 Å². The molecule has 21 heavy (non-hydrogen) atoms. The van der Waals surface area contributed by atoms with E-state index in [1.807, 2.05) is 6.07 Å². The number of ether oxygens (including phenoxy) is 1. The fourth-order valence-corrected chi connectivity index (χ4v) is 1.93. The molecule has 0 aliphatic carbocycles. The number of primary amides is 1. The van der Waals surface area contributed by atoms with Gasteiger partial charge in [0.1, 0.15) is 23.2 Å². The molecule has 0 aromatic heterocycles. The van der Waals surface area contributed by atoms with Gasteiger partial charge in [0, 0.05) is 0 Å². The number of nitrogens with two attached hydrogens (primary N) is 1. The fourth-order valence-electron chi connectivity index (χ4n) is 1.93. The molecule has 0 heterocycles. The molecule has 1 unspecified atom stereocenters. The van der Waals surface area contributed by atoms with Crippen LogP contribution in [-0.4, -0.2) is 5.91 Å². The summed E-state index contributed by atoms with van der Waals surface area (Å²) in [7, 11) is 0. The van der Waals surface area contributed by atoms with Crippen LogP contribution in [0.3, 0.4) is 0 Å². The fraction of sp³-hybridized carbons (Fsp3) is 0.125. The normalized spacial score (nSPS) is 11.5. The Morgan fingerprint density at radius 3 is 2.52 bits per heavy atom.